The highest BCUT2D eigenvalue weighted by atomic mass is 19.2. The monoisotopic (exact) mass is 293 g/mol. The van der Waals surface area contributed by atoms with Crippen molar-refractivity contribution in [3.8, 4) is 0 Å². The molecule has 8 heteroatoms. The van der Waals surface area contributed by atoms with Gasteiger partial charge in [0, 0.05) is 19.5 Å². The van der Waals surface area contributed by atoms with Crippen molar-refractivity contribution in [2.45, 2.75) is 20.3 Å². The number of anilines is 1. The van der Waals surface area contributed by atoms with E-state index < -0.39 is 29.2 Å². The van der Waals surface area contributed by atoms with Crippen LogP contribution in [0.15, 0.2) is 0 Å². The molecule has 0 saturated heterocycles. The van der Waals surface area contributed by atoms with Gasteiger partial charge < -0.3 is 10.6 Å². The fourth-order valence-electron chi connectivity index (χ4n) is 1.35. The van der Waals surface area contributed by atoms with E-state index in [4.69, 9.17) is 0 Å². The van der Waals surface area contributed by atoms with Crippen molar-refractivity contribution in [2.75, 3.05) is 18.4 Å². The Balaban J connectivity index is 2.56. The number of carbonyl (C=O) groups excluding carboxylic acids is 1. The highest BCUT2D eigenvalue weighted by Gasteiger charge is 2.20. The summed E-state index contributed by atoms with van der Waals surface area (Å²) in [4.78, 5) is 13.8. The quantitative estimate of drug-likeness (QED) is 0.624. The lowest BCUT2D eigenvalue weighted by Crippen LogP contribution is -2.28. The van der Waals surface area contributed by atoms with Gasteiger partial charge in [-0.15, -0.1) is 0 Å². The van der Waals surface area contributed by atoms with Crippen LogP contribution in [0.2, 0.25) is 0 Å². The number of rotatable bonds is 6. The van der Waals surface area contributed by atoms with Gasteiger partial charge in [0.1, 0.15) is 5.69 Å². The third kappa shape index (κ3) is 4.36. The molecule has 4 nitrogen and oxygen atoms in total. The van der Waals surface area contributed by atoms with Gasteiger partial charge in [-0.05, 0) is 5.92 Å². The van der Waals surface area contributed by atoms with Crippen molar-refractivity contribution < 1.29 is 22.4 Å². The second-order valence-corrected chi connectivity index (χ2v) is 4.57. The van der Waals surface area contributed by atoms with Gasteiger partial charge in [0.15, 0.2) is 0 Å². The van der Waals surface area contributed by atoms with Crippen LogP contribution in [-0.2, 0) is 4.79 Å². The molecule has 0 aliphatic heterocycles. The fraction of sp³-hybridized carbons (Fsp3) is 0.500. The van der Waals surface area contributed by atoms with Gasteiger partial charge in [0.05, 0.1) is 0 Å². The lowest BCUT2D eigenvalue weighted by molar-refractivity contribution is -0.120. The van der Waals surface area contributed by atoms with E-state index in [1.54, 1.807) is 0 Å². The van der Waals surface area contributed by atoms with E-state index in [2.05, 4.69) is 15.6 Å². The first-order valence-corrected chi connectivity index (χ1v) is 6.03. The zero-order chi connectivity index (χ0) is 15.3. The summed E-state index contributed by atoms with van der Waals surface area (Å²) >= 11 is 0. The maximum Gasteiger partial charge on any atom is 0.253 e. The molecule has 0 aromatic carbocycles. The van der Waals surface area contributed by atoms with Crippen molar-refractivity contribution in [1.29, 1.82) is 0 Å². The van der Waals surface area contributed by atoms with E-state index in [0.717, 1.165) is 0 Å². The van der Waals surface area contributed by atoms with Crippen LogP contribution >= 0.6 is 0 Å². The number of hydrogen-bond donors (Lipinski definition) is 2. The molecule has 112 valence electrons. The van der Waals surface area contributed by atoms with E-state index in [-0.39, 0.29) is 24.8 Å². The topological polar surface area (TPSA) is 54.0 Å². The normalized spacial score (nSPS) is 10.8. The Morgan fingerprint density at radius 2 is 1.70 bits per heavy atom. The number of nitrogens with one attached hydrogen (secondary N) is 2. The van der Waals surface area contributed by atoms with Gasteiger partial charge in [0.25, 0.3) is 11.9 Å². The molecule has 20 heavy (non-hydrogen) atoms. The van der Waals surface area contributed by atoms with Crippen molar-refractivity contribution >= 4 is 11.6 Å². The van der Waals surface area contributed by atoms with Crippen molar-refractivity contribution in [1.82, 2.24) is 10.3 Å². The molecule has 0 aliphatic carbocycles. The third-order valence-corrected chi connectivity index (χ3v) is 2.36. The molecule has 0 fully saturated rings. The van der Waals surface area contributed by atoms with Gasteiger partial charge in [-0.1, -0.05) is 13.8 Å². The second-order valence-electron chi connectivity index (χ2n) is 4.57. The van der Waals surface area contributed by atoms with Crippen molar-refractivity contribution in [2.24, 2.45) is 5.92 Å². The largest absolute Gasteiger partial charge is 0.379 e. The molecule has 1 amide bonds. The molecule has 1 aromatic rings. The molecule has 1 heterocycles. The number of pyridine rings is 1. The highest BCUT2D eigenvalue weighted by Crippen LogP contribution is 2.21. The average Bonchev–Trinajstić information content (AvgIpc) is 2.38. The van der Waals surface area contributed by atoms with Crippen LogP contribution in [0, 0.1) is 29.4 Å². The summed E-state index contributed by atoms with van der Waals surface area (Å²) in [6, 6.07) is 0. The van der Waals surface area contributed by atoms with Gasteiger partial charge in [-0.25, -0.2) is 0 Å². The Morgan fingerprint density at radius 1 is 1.15 bits per heavy atom. The molecule has 0 spiro atoms. The number of halogens is 4. The minimum atomic E-state index is -1.74. The molecule has 2 N–H and O–H groups in total. The van der Waals surface area contributed by atoms with E-state index in [1.807, 2.05) is 13.8 Å². The zero-order valence-electron chi connectivity index (χ0n) is 11.1. The number of amides is 1. The average molecular weight is 293 g/mol. The Kier molecular flexibility index (Phi) is 5.72. The van der Waals surface area contributed by atoms with E-state index in [0.29, 0.717) is 6.54 Å². The van der Waals surface area contributed by atoms with Gasteiger partial charge in [-0.3, -0.25) is 4.79 Å². The summed E-state index contributed by atoms with van der Waals surface area (Å²) in [6.07, 6.45) is -0.0861. The lowest BCUT2D eigenvalue weighted by atomic mass is 10.2. The first kappa shape index (κ1) is 16.2. The molecule has 0 bridgehead atoms. The predicted molar refractivity (Wildman–Crippen MR) is 65.0 cm³/mol. The maximum atomic E-state index is 13.2. The summed E-state index contributed by atoms with van der Waals surface area (Å²) in [5.41, 5.74) is -0.966. The van der Waals surface area contributed by atoms with Crippen molar-refractivity contribution in [3.63, 3.8) is 0 Å². The molecule has 0 radical (unpaired) electrons. The summed E-state index contributed by atoms with van der Waals surface area (Å²) in [7, 11) is 0. The maximum absolute atomic E-state index is 13.2. The van der Waals surface area contributed by atoms with Crippen molar-refractivity contribution in [3.05, 3.63) is 23.5 Å². The molecular weight excluding hydrogens is 278 g/mol. The van der Waals surface area contributed by atoms with Crippen LogP contribution in [-0.4, -0.2) is 24.0 Å². The highest BCUT2D eigenvalue weighted by molar-refractivity contribution is 5.76. The second kappa shape index (κ2) is 7.06. The number of hydrogen-bond acceptors (Lipinski definition) is 3. The molecule has 1 rings (SSSR count). The van der Waals surface area contributed by atoms with Gasteiger partial charge in [0.2, 0.25) is 17.5 Å². The smallest absolute Gasteiger partial charge is 0.253 e. The Bertz CT molecular complexity index is 468. The molecule has 0 unspecified atom stereocenters. The van der Waals surface area contributed by atoms with Crippen LogP contribution in [0.1, 0.15) is 20.3 Å². The predicted octanol–water partition coefficient (Wildman–Crippen LogP) is 2.21. The lowest BCUT2D eigenvalue weighted by Gasteiger charge is -2.10. The SMILES string of the molecule is CC(C)CNC(=O)CCNc1c(F)c(F)nc(F)c1F. The molecule has 0 saturated carbocycles. The zero-order valence-corrected chi connectivity index (χ0v) is 11.1. The van der Waals surface area contributed by atoms with Gasteiger partial charge in [-0.2, -0.15) is 22.5 Å². The van der Waals surface area contributed by atoms with Crippen LogP contribution in [0.4, 0.5) is 23.2 Å². The van der Waals surface area contributed by atoms with Crippen LogP contribution in [0.5, 0.6) is 0 Å². The first-order valence-electron chi connectivity index (χ1n) is 6.03. The third-order valence-electron chi connectivity index (χ3n) is 2.36. The summed E-state index contributed by atoms with van der Waals surface area (Å²) in [5.74, 6) is -6.78. The summed E-state index contributed by atoms with van der Waals surface area (Å²) in [6.45, 7) is 4.12. The molecule has 0 aliphatic rings. The minimum absolute atomic E-state index is 0.0861. The summed E-state index contributed by atoms with van der Waals surface area (Å²) < 4.78 is 52.0. The Morgan fingerprint density at radius 3 is 2.20 bits per heavy atom. The standard InChI is InChI=1S/C12H15F4N3O/c1-6(2)5-18-7(20)3-4-17-10-8(13)11(15)19-12(16)9(10)14/h6H,3-5H2,1-2H3,(H,17,19)(H,18,20). The Hall–Kier alpha value is -1.86. The number of nitrogens with zero attached hydrogens (tertiary/aromatic N) is 1. The van der Waals surface area contributed by atoms with Gasteiger partial charge >= 0.3 is 0 Å². The first-order chi connectivity index (χ1) is 9.32. The molecule has 0 atom stereocenters. The number of aromatic nitrogens is 1. The molecular formula is C12H15F4N3O. The van der Waals surface area contributed by atoms with E-state index in [9.17, 15) is 22.4 Å². The fourth-order valence-corrected chi connectivity index (χ4v) is 1.35. The van der Waals surface area contributed by atoms with E-state index >= 15 is 0 Å². The molecule has 1 aromatic heterocycles. The summed E-state index contributed by atoms with van der Waals surface area (Å²) in [5, 5.41) is 4.74. The van der Waals surface area contributed by atoms with Crippen LogP contribution in [0.25, 0.3) is 0 Å². The Labute approximate surface area is 113 Å². The minimum Gasteiger partial charge on any atom is -0.379 e. The van der Waals surface area contributed by atoms with E-state index in [1.165, 1.54) is 0 Å². The van der Waals surface area contributed by atoms with Crippen LogP contribution in [0.3, 0.4) is 0 Å². The number of carbonyl (C=O) groups is 1. The van der Waals surface area contributed by atoms with Crippen LogP contribution < -0.4 is 10.6 Å².